The molecule has 0 fully saturated rings. The summed E-state index contributed by atoms with van der Waals surface area (Å²) in [5, 5.41) is 0. The molecule has 0 radical (unpaired) electrons. The standard InChI is InChI=1S/C11H13F2N.C2H6/c1-14-6-2-3-8-4-5-9(11(12)13)7-10(8)14;1-2/h4-5,7,11H,2-3,6H2,1H3;1-2H3. The van der Waals surface area contributed by atoms with E-state index in [2.05, 4.69) is 0 Å². The van der Waals surface area contributed by atoms with E-state index in [4.69, 9.17) is 0 Å². The van der Waals surface area contributed by atoms with E-state index in [0.717, 1.165) is 25.1 Å². The van der Waals surface area contributed by atoms with Gasteiger partial charge >= 0.3 is 0 Å². The van der Waals surface area contributed by atoms with E-state index in [-0.39, 0.29) is 5.56 Å². The van der Waals surface area contributed by atoms with Crippen LogP contribution in [0.2, 0.25) is 0 Å². The Labute approximate surface area is 96.1 Å². The second kappa shape index (κ2) is 5.83. The van der Waals surface area contributed by atoms with Crippen LogP contribution in [0.25, 0.3) is 0 Å². The van der Waals surface area contributed by atoms with Crippen molar-refractivity contribution in [3.8, 4) is 0 Å². The van der Waals surface area contributed by atoms with E-state index >= 15 is 0 Å². The van der Waals surface area contributed by atoms with Crippen LogP contribution in [0.3, 0.4) is 0 Å². The number of fused-ring (bicyclic) bond motifs is 1. The van der Waals surface area contributed by atoms with Gasteiger partial charge in [-0.1, -0.05) is 26.0 Å². The summed E-state index contributed by atoms with van der Waals surface area (Å²) in [4.78, 5) is 2.05. The van der Waals surface area contributed by atoms with Gasteiger partial charge in [-0.2, -0.15) is 0 Å². The van der Waals surface area contributed by atoms with E-state index in [1.807, 2.05) is 31.9 Å². The Morgan fingerprint density at radius 2 is 1.94 bits per heavy atom. The van der Waals surface area contributed by atoms with Crippen molar-refractivity contribution in [2.75, 3.05) is 18.5 Å². The van der Waals surface area contributed by atoms with E-state index in [9.17, 15) is 8.78 Å². The predicted octanol–water partition coefficient (Wildman–Crippen LogP) is 4.03. The summed E-state index contributed by atoms with van der Waals surface area (Å²) in [6, 6.07) is 4.97. The highest BCUT2D eigenvalue weighted by Crippen LogP contribution is 2.30. The number of halogens is 2. The van der Waals surface area contributed by atoms with Gasteiger partial charge in [0.05, 0.1) is 0 Å². The van der Waals surface area contributed by atoms with Crippen molar-refractivity contribution in [2.24, 2.45) is 0 Å². The number of hydrogen-bond donors (Lipinski definition) is 0. The lowest BCUT2D eigenvalue weighted by molar-refractivity contribution is 0.151. The van der Waals surface area contributed by atoms with Crippen LogP contribution in [0.5, 0.6) is 0 Å². The van der Waals surface area contributed by atoms with Gasteiger partial charge in [-0.05, 0) is 24.5 Å². The SMILES string of the molecule is CC.CN1CCCc2ccc(C(F)F)cc21. The van der Waals surface area contributed by atoms with Gasteiger partial charge in [0.15, 0.2) is 0 Å². The van der Waals surface area contributed by atoms with Gasteiger partial charge in [0, 0.05) is 24.8 Å². The first-order chi connectivity index (χ1) is 7.68. The molecular weight excluding hydrogens is 208 g/mol. The van der Waals surface area contributed by atoms with Gasteiger partial charge in [0.2, 0.25) is 0 Å². The first-order valence-corrected chi connectivity index (χ1v) is 5.80. The average Bonchev–Trinajstić information content (AvgIpc) is 2.32. The van der Waals surface area contributed by atoms with E-state index in [0.29, 0.717) is 0 Å². The van der Waals surface area contributed by atoms with Crippen molar-refractivity contribution >= 4 is 5.69 Å². The number of alkyl halides is 2. The van der Waals surface area contributed by atoms with Gasteiger partial charge in [-0.3, -0.25) is 0 Å². The van der Waals surface area contributed by atoms with Crippen molar-refractivity contribution in [2.45, 2.75) is 33.1 Å². The van der Waals surface area contributed by atoms with Crippen molar-refractivity contribution in [3.63, 3.8) is 0 Å². The summed E-state index contributed by atoms with van der Waals surface area (Å²) in [7, 11) is 1.95. The average molecular weight is 227 g/mol. The highest BCUT2D eigenvalue weighted by molar-refractivity contribution is 5.56. The van der Waals surface area contributed by atoms with Crippen LogP contribution in [0, 0.1) is 0 Å². The molecule has 1 aromatic rings. The maximum atomic E-state index is 12.4. The molecule has 0 atom stereocenters. The molecule has 0 aliphatic carbocycles. The molecule has 0 saturated heterocycles. The Balaban J connectivity index is 0.000000606. The minimum Gasteiger partial charge on any atom is -0.374 e. The lowest BCUT2D eigenvalue weighted by Gasteiger charge is -2.27. The molecule has 90 valence electrons. The summed E-state index contributed by atoms with van der Waals surface area (Å²) in [5.41, 5.74) is 2.27. The van der Waals surface area contributed by atoms with Crippen LogP contribution in [-0.2, 0) is 6.42 Å². The van der Waals surface area contributed by atoms with Gasteiger partial charge in [-0.25, -0.2) is 8.78 Å². The van der Waals surface area contributed by atoms with Gasteiger partial charge in [-0.15, -0.1) is 0 Å². The van der Waals surface area contributed by atoms with Crippen molar-refractivity contribution in [3.05, 3.63) is 29.3 Å². The van der Waals surface area contributed by atoms with E-state index < -0.39 is 6.43 Å². The Kier molecular flexibility index (Phi) is 4.71. The Hall–Kier alpha value is -1.12. The number of hydrogen-bond acceptors (Lipinski definition) is 1. The van der Waals surface area contributed by atoms with Crippen LogP contribution in [0.15, 0.2) is 18.2 Å². The maximum Gasteiger partial charge on any atom is 0.263 e. The van der Waals surface area contributed by atoms with Crippen LogP contribution >= 0.6 is 0 Å². The van der Waals surface area contributed by atoms with Crippen molar-refractivity contribution in [1.82, 2.24) is 0 Å². The fourth-order valence-corrected chi connectivity index (χ4v) is 1.91. The summed E-state index contributed by atoms with van der Waals surface area (Å²) in [6.45, 7) is 4.96. The Bertz CT molecular complexity index is 337. The largest absolute Gasteiger partial charge is 0.374 e. The smallest absolute Gasteiger partial charge is 0.263 e. The fraction of sp³-hybridized carbons (Fsp3) is 0.538. The zero-order chi connectivity index (χ0) is 12.1. The molecule has 0 amide bonds. The first-order valence-electron chi connectivity index (χ1n) is 5.80. The topological polar surface area (TPSA) is 3.24 Å². The zero-order valence-electron chi connectivity index (χ0n) is 10.1. The number of rotatable bonds is 1. The van der Waals surface area contributed by atoms with Crippen molar-refractivity contribution < 1.29 is 8.78 Å². The summed E-state index contributed by atoms with van der Waals surface area (Å²) >= 11 is 0. The number of anilines is 1. The summed E-state index contributed by atoms with van der Waals surface area (Å²) in [6.07, 6.45) is -0.253. The second-order valence-electron chi connectivity index (χ2n) is 3.71. The summed E-state index contributed by atoms with van der Waals surface area (Å²) in [5.74, 6) is 0. The molecule has 3 heteroatoms. The summed E-state index contributed by atoms with van der Waals surface area (Å²) < 4.78 is 24.9. The molecular formula is C13H19F2N. The molecule has 16 heavy (non-hydrogen) atoms. The molecule has 0 bridgehead atoms. The Morgan fingerprint density at radius 1 is 1.25 bits per heavy atom. The second-order valence-corrected chi connectivity index (χ2v) is 3.71. The number of benzene rings is 1. The molecule has 0 unspecified atom stereocenters. The lowest BCUT2D eigenvalue weighted by atomic mass is 10.0. The van der Waals surface area contributed by atoms with Crippen molar-refractivity contribution in [1.29, 1.82) is 0 Å². The number of aryl methyl sites for hydroxylation is 1. The predicted molar refractivity (Wildman–Crippen MR) is 64.3 cm³/mol. The molecule has 0 aromatic heterocycles. The van der Waals surface area contributed by atoms with Gasteiger partial charge in [0.1, 0.15) is 0 Å². The maximum absolute atomic E-state index is 12.4. The fourth-order valence-electron chi connectivity index (χ4n) is 1.91. The van der Waals surface area contributed by atoms with Crippen LogP contribution < -0.4 is 4.90 Å². The molecule has 0 N–H and O–H groups in total. The minimum atomic E-state index is -2.37. The lowest BCUT2D eigenvalue weighted by Crippen LogP contribution is -2.24. The van der Waals surface area contributed by atoms with Gasteiger partial charge < -0.3 is 4.90 Å². The van der Waals surface area contributed by atoms with Crippen LogP contribution in [0.4, 0.5) is 14.5 Å². The monoisotopic (exact) mass is 227 g/mol. The third-order valence-corrected chi connectivity index (χ3v) is 2.71. The zero-order valence-corrected chi connectivity index (χ0v) is 10.1. The Morgan fingerprint density at radius 3 is 2.56 bits per heavy atom. The van der Waals surface area contributed by atoms with E-state index in [1.54, 1.807) is 6.07 Å². The molecule has 1 aliphatic rings. The molecule has 2 rings (SSSR count). The highest BCUT2D eigenvalue weighted by atomic mass is 19.3. The molecule has 1 aliphatic heterocycles. The third kappa shape index (κ3) is 2.71. The highest BCUT2D eigenvalue weighted by Gasteiger charge is 2.16. The van der Waals surface area contributed by atoms with Gasteiger partial charge in [0.25, 0.3) is 6.43 Å². The third-order valence-electron chi connectivity index (χ3n) is 2.71. The number of nitrogens with zero attached hydrogens (tertiary/aromatic N) is 1. The molecule has 1 heterocycles. The van der Waals surface area contributed by atoms with Crippen LogP contribution in [0.1, 0.15) is 37.8 Å². The molecule has 0 spiro atoms. The minimum absolute atomic E-state index is 0.123. The normalized spacial score (nSPS) is 14.2. The van der Waals surface area contributed by atoms with E-state index in [1.165, 1.54) is 11.6 Å². The molecule has 0 saturated carbocycles. The van der Waals surface area contributed by atoms with Crippen LogP contribution in [-0.4, -0.2) is 13.6 Å². The first kappa shape index (κ1) is 12.9. The quantitative estimate of drug-likeness (QED) is 0.700. The molecule has 1 nitrogen and oxygen atoms in total. The molecule has 1 aromatic carbocycles.